The van der Waals surface area contributed by atoms with Gasteiger partial charge < -0.3 is 16.2 Å². The molecule has 1 amide bonds. The zero-order chi connectivity index (χ0) is 26.3. The molecule has 38 heavy (non-hydrogen) atoms. The molecule has 3 fully saturated rings. The van der Waals surface area contributed by atoms with Crippen molar-refractivity contribution in [1.29, 1.82) is 0 Å². The Balaban J connectivity index is 0.000000476. The van der Waals surface area contributed by atoms with E-state index in [1.54, 1.807) is 12.1 Å². The number of rotatable bonds is 7. The van der Waals surface area contributed by atoms with Crippen LogP contribution in [0.1, 0.15) is 75.4 Å². The van der Waals surface area contributed by atoms with Crippen molar-refractivity contribution in [2.45, 2.75) is 50.9 Å². The van der Waals surface area contributed by atoms with E-state index in [0.717, 1.165) is 47.1 Å². The fourth-order valence-electron chi connectivity index (χ4n) is 6.56. The molecule has 4 N–H and O–H groups in total. The molecule has 196 valence electrons. The third-order valence-electron chi connectivity index (χ3n) is 9.12. The average Bonchev–Trinajstić information content (AvgIpc) is 3.86. The number of fused-ring (bicyclic) bond motifs is 3. The van der Waals surface area contributed by atoms with Gasteiger partial charge in [0.15, 0.2) is 0 Å². The number of carbonyl (C=O) groups is 2. The number of carbonyl (C=O) groups excluding carboxylic acids is 1. The van der Waals surface area contributed by atoms with E-state index in [1.807, 2.05) is 30.3 Å². The molecule has 3 atom stereocenters. The maximum atomic E-state index is 12.8. The lowest BCUT2D eigenvalue weighted by Gasteiger charge is -2.27. The van der Waals surface area contributed by atoms with Gasteiger partial charge in [0.1, 0.15) is 0 Å². The summed E-state index contributed by atoms with van der Waals surface area (Å²) in [7, 11) is 0. The van der Waals surface area contributed by atoms with Gasteiger partial charge in [-0.3, -0.25) is 4.79 Å². The zero-order valence-corrected chi connectivity index (χ0v) is 21.8. The van der Waals surface area contributed by atoms with Gasteiger partial charge in [0.05, 0.1) is 5.56 Å². The summed E-state index contributed by atoms with van der Waals surface area (Å²) < 4.78 is 0. The van der Waals surface area contributed by atoms with E-state index in [-0.39, 0.29) is 11.5 Å². The monoisotopic (exact) mass is 508 g/mol. The molecule has 5 heteroatoms. The second-order valence-electron chi connectivity index (χ2n) is 11.8. The van der Waals surface area contributed by atoms with Gasteiger partial charge in [-0.05, 0) is 127 Å². The van der Waals surface area contributed by atoms with Gasteiger partial charge in [-0.1, -0.05) is 42.5 Å². The molecule has 7 rings (SSSR count). The van der Waals surface area contributed by atoms with Crippen LogP contribution in [0.2, 0.25) is 0 Å². The van der Waals surface area contributed by atoms with Crippen LogP contribution in [0, 0.1) is 17.3 Å². The van der Waals surface area contributed by atoms with Gasteiger partial charge in [-0.25, -0.2) is 4.79 Å². The Morgan fingerprint density at radius 2 is 1.61 bits per heavy atom. The average molecular weight is 509 g/mol. The standard InChI is InChI=1S/C29H27NO3.C4H9N/c31-27(22-9-10-23-15-29-16-24(26(23)14-22)13-25(29)17-29)30-12-11-18-1-3-19(4-2-18)20-5-7-21(8-6-20)28(32)33;5-3-4-1-2-4/h1-10,14,24-25H,11-13,15-17H2,(H,30,31)(H,32,33);4H,1-3,5H2. The van der Waals surface area contributed by atoms with Crippen LogP contribution >= 0.6 is 0 Å². The molecule has 3 unspecified atom stereocenters. The zero-order valence-electron chi connectivity index (χ0n) is 21.8. The van der Waals surface area contributed by atoms with Crippen molar-refractivity contribution in [2.24, 2.45) is 23.0 Å². The van der Waals surface area contributed by atoms with Crippen molar-refractivity contribution < 1.29 is 14.7 Å². The summed E-state index contributed by atoms with van der Waals surface area (Å²) in [6, 6.07) is 21.4. The van der Waals surface area contributed by atoms with Crippen molar-refractivity contribution in [2.75, 3.05) is 13.1 Å². The highest BCUT2D eigenvalue weighted by atomic mass is 16.4. The van der Waals surface area contributed by atoms with E-state index >= 15 is 0 Å². The van der Waals surface area contributed by atoms with E-state index in [9.17, 15) is 9.59 Å². The van der Waals surface area contributed by atoms with Gasteiger partial charge >= 0.3 is 5.97 Å². The second-order valence-corrected chi connectivity index (χ2v) is 11.8. The third kappa shape index (κ3) is 5.12. The quantitative estimate of drug-likeness (QED) is 0.375. The first-order valence-electron chi connectivity index (χ1n) is 14.0. The van der Waals surface area contributed by atoms with Gasteiger partial charge in [-0.15, -0.1) is 0 Å². The molecule has 0 aromatic heterocycles. The molecule has 4 aliphatic rings. The van der Waals surface area contributed by atoms with Crippen molar-refractivity contribution >= 4 is 11.9 Å². The first kappa shape index (κ1) is 24.9. The summed E-state index contributed by atoms with van der Waals surface area (Å²) in [4.78, 5) is 23.8. The molecular weight excluding hydrogens is 472 g/mol. The van der Waals surface area contributed by atoms with Gasteiger partial charge in [0.25, 0.3) is 5.91 Å². The highest BCUT2D eigenvalue weighted by molar-refractivity contribution is 5.94. The summed E-state index contributed by atoms with van der Waals surface area (Å²) in [5.74, 6) is 1.60. The number of amides is 1. The van der Waals surface area contributed by atoms with E-state index in [4.69, 9.17) is 10.8 Å². The number of aromatic carboxylic acids is 1. The maximum absolute atomic E-state index is 12.8. The lowest BCUT2D eigenvalue weighted by molar-refractivity contribution is 0.0696. The number of hydrogen-bond donors (Lipinski definition) is 3. The lowest BCUT2D eigenvalue weighted by Crippen LogP contribution is -2.26. The topological polar surface area (TPSA) is 92.4 Å². The molecule has 5 nitrogen and oxygen atoms in total. The molecule has 3 saturated carbocycles. The second kappa shape index (κ2) is 10.0. The van der Waals surface area contributed by atoms with Gasteiger partial charge in [-0.2, -0.15) is 0 Å². The molecule has 0 radical (unpaired) electrons. The minimum atomic E-state index is -0.919. The normalized spacial score (nSPS) is 23.9. The summed E-state index contributed by atoms with van der Waals surface area (Å²) in [5.41, 5.74) is 13.0. The summed E-state index contributed by atoms with van der Waals surface area (Å²) in [6.45, 7) is 1.51. The highest BCUT2D eigenvalue weighted by Gasteiger charge is 2.62. The number of benzene rings is 3. The number of nitrogens with two attached hydrogens (primary N) is 1. The number of nitrogens with one attached hydrogen (secondary N) is 1. The van der Waals surface area contributed by atoms with Crippen LogP contribution in [-0.4, -0.2) is 30.1 Å². The fraction of sp³-hybridized carbons (Fsp3) is 0.394. The van der Waals surface area contributed by atoms with Crippen LogP contribution in [-0.2, 0) is 12.8 Å². The van der Waals surface area contributed by atoms with Crippen LogP contribution in [0.4, 0.5) is 0 Å². The molecule has 4 aliphatic carbocycles. The molecule has 0 heterocycles. The minimum absolute atomic E-state index is 0.0105. The largest absolute Gasteiger partial charge is 0.478 e. The van der Waals surface area contributed by atoms with Crippen molar-refractivity contribution in [3.63, 3.8) is 0 Å². The van der Waals surface area contributed by atoms with Crippen LogP contribution < -0.4 is 11.1 Å². The van der Waals surface area contributed by atoms with Crippen molar-refractivity contribution in [3.8, 4) is 11.1 Å². The predicted octanol–water partition coefficient (Wildman–Crippen LogP) is 5.82. The Morgan fingerprint density at radius 1 is 0.921 bits per heavy atom. The van der Waals surface area contributed by atoms with E-state index in [0.29, 0.717) is 17.9 Å². The molecule has 0 aliphatic heterocycles. The van der Waals surface area contributed by atoms with Crippen LogP contribution in [0.25, 0.3) is 11.1 Å². The Hall–Kier alpha value is -3.44. The summed E-state index contributed by atoms with van der Waals surface area (Å²) >= 11 is 0. The van der Waals surface area contributed by atoms with Crippen molar-refractivity contribution in [3.05, 3.63) is 94.5 Å². The lowest BCUT2D eigenvalue weighted by atomic mass is 9.78. The van der Waals surface area contributed by atoms with E-state index < -0.39 is 5.97 Å². The van der Waals surface area contributed by atoms with E-state index in [2.05, 4.69) is 29.6 Å². The van der Waals surface area contributed by atoms with Gasteiger partial charge in [0.2, 0.25) is 0 Å². The molecular formula is C33H36N2O3. The molecule has 3 aromatic carbocycles. The summed E-state index contributed by atoms with van der Waals surface area (Å²) in [5, 5.41) is 12.1. The van der Waals surface area contributed by atoms with Crippen molar-refractivity contribution in [1.82, 2.24) is 5.32 Å². The first-order valence-corrected chi connectivity index (χ1v) is 14.0. The Labute approximate surface area is 224 Å². The minimum Gasteiger partial charge on any atom is -0.478 e. The summed E-state index contributed by atoms with van der Waals surface area (Å²) in [6.07, 6.45) is 8.82. The van der Waals surface area contributed by atoms with Crippen LogP contribution in [0.15, 0.2) is 66.7 Å². The van der Waals surface area contributed by atoms with Crippen LogP contribution in [0.5, 0.6) is 0 Å². The predicted molar refractivity (Wildman–Crippen MR) is 149 cm³/mol. The van der Waals surface area contributed by atoms with E-state index in [1.165, 1.54) is 49.7 Å². The third-order valence-corrected chi connectivity index (χ3v) is 9.12. The number of hydrogen-bond acceptors (Lipinski definition) is 3. The Morgan fingerprint density at radius 3 is 2.24 bits per heavy atom. The Bertz CT molecular complexity index is 1340. The first-order chi connectivity index (χ1) is 18.4. The fourth-order valence-corrected chi connectivity index (χ4v) is 6.56. The molecule has 3 aromatic rings. The number of carboxylic acid groups (broad SMARTS) is 1. The smallest absolute Gasteiger partial charge is 0.335 e. The van der Waals surface area contributed by atoms with Gasteiger partial charge in [0, 0.05) is 12.1 Å². The SMILES string of the molecule is NCC1CC1.O=C(O)c1ccc(-c2ccc(CCNC(=O)c3ccc4c(c3)C3CC5CC5(C4)C3)cc2)cc1. The molecule has 0 saturated heterocycles. The Kier molecular flexibility index (Phi) is 6.56. The highest BCUT2D eigenvalue weighted by Crippen LogP contribution is 2.71. The number of carboxylic acids is 1. The molecule has 1 spiro atoms. The van der Waals surface area contributed by atoms with Crippen LogP contribution in [0.3, 0.4) is 0 Å². The molecule has 2 bridgehead atoms. The maximum Gasteiger partial charge on any atom is 0.335 e.